The maximum absolute atomic E-state index is 14.3. The minimum absolute atomic E-state index is 0.176. The van der Waals surface area contributed by atoms with Crippen molar-refractivity contribution in [3.8, 4) is 0 Å². The summed E-state index contributed by atoms with van der Waals surface area (Å²) in [4.78, 5) is 2.86. The van der Waals surface area contributed by atoms with E-state index in [1.165, 1.54) is 29.2 Å². The van der Waals surface area contributed by atoms with Crippen molar-refractivity contribution >= 4 is 64.6 Å². The zero-order chi connectivity index (χ0) is 27.1. The molecular weight excluding hydrogens is 627 g/mol. The SMILES string of the molecule is CSc1sc(C(=N)N)cc1S(=O)(=NS(=O)(=O)Cc1ccccc1)c1cccc(Br)c1.OOC(F)(F)F. The molecule has 0 aliphatic rings. The van der Waals surface area contributed by atoms with Gasteiger partial charge in [-0.2, -0.15) is 0 Å². The number of rotatable bonds is 7. The quantitative estimate of drug-likeness (QED) is 0.0950. The van der Waals surface area contributed by atoms with Crippen LogP contribution in [0.5, 0.6) is 0 Å². The van der Waals surface area contributed by atoms with Crippen molar-refractivity contribution < 1.29 is 35.9 Å². The van der Waals surface area contributed by atoms with E-state index >= 15 is 0 Å². The molecule has 16 heteroatoms. The highest BCUT2D eigenvalue weighted by molar-refractivity contribution is 9.10. The van der Waals surface area contributed by atoms with E-state index in [0.717, 1.165) is 0 Å². The van der Waals surface area contributed by atoms with Crippen LogP contribution in [-0.4, -0.2) is 36.3 Å². The van der Waals surface area contributed by atoms with Gasteiger partial charge < -0.3 is 5.73 Å². The van der Waals surface area contributed by atoms with Gasteiger partial charge in [-0.15, -0.1) is 44.9 Å². The van der Waals surface area contributed by atoms with Gasteiger partial charge in [-0.25, -0.2) is 17.9 Å². The van der Waals surface area contributed by atoms with Crippen LogP contribution in [0.1, 0.15) is 10.4 Å². The Hall–Kier alpha value is -1.95. The first-order valence-electron chi connectivity index (χ1n) is 9.43. The third-order valence-electron chi connectivity index (χ3n) is 4.04. The molecule has 196 valence electrons. The number of halogens is 4. The highest BCUT2D eigenvalue weighted by atomic mass is 79.9. The Bertz CT molecular complexity index is 1440. The second-order valence-corrected chi connectivity index (χ2v) is 13.7. The van der Waals surface area contributed by atoms with Gasteiger partial charge in [0.15, 0.2) is 0 Å². The predicted octanol–water partition coefficient (Wildman–Crippen LogP) is 5.93. The molecule has 0 fully saturated rings. The first-order valence-corrected chi connectivity index (χ1v) is 15.4. The Morgan fingerprint density at radius 3 is 2.28 bits per heavy atom. The Labute approximate surface area is 222 Å². The van der Waals surface area contributed by atoms with Gasteiger partial charge in [0.25, 0.3) is 10.0 Å². The van der Waals surface area contributed by atoms with Crippen LogP contribution in [-0.2, 0) is 30.4 Å². The second kappa shape index (κ2) is 12.5. The molecule has 0 saturated carbocycles. The summed E-state index contributed by atoms with van der Waals surface area (Å²) in [6, 6.07) is 16.7. The predicted molar refractivity (Wildman–Crippen MR) is 137 cm³/mol. The smallest absolute Gasteiger partial charge is 0.383 e. The molecule has 1 unspecified atom stereocenters. The minimum Gasteiger partial charge on any atom is -0.383 e. The number of amidine groups is 1. The minimum atomic E-state index is -4.90. The van der Waals surface area contributed by atoms with Crippen LogP contribution in [0.4, 0.5) is 13.2 Å². The van der Waals surface area contributed by atoms with Gasteiger partial charge in [0.2, 0.25) is 0 Å². The molecular formula is C20H19BrF3N3O5S4. The average molecular weight is 647 g/mol. The lowest BCUT2D eigenvalue weighted by molar-refractivity contribution is -0.464. The van der Waals surface area contributed by atoms with E-state index in [4.69, 9.17) is 16.4 Å². The number of hydrogen-bond acceptors (Lipinski definition) is 8. The molecule has 1 aromatic heterocycles. The summed E-state index contributed by atoms with van der Waals surface area (Å²) in [6.07, 6.45) is -3.11. The van der Waals surface area contributed by atoms with Crippen molar-refractivity contribution in [2.45, 2.75) is 26.1 Å². The average Bonchev–Trinajstić information content (AvgIpc) is 3.25. The van der Waals surface area contributed by atoms with E-state index in [0.29, 0.717) is 19.1 Å². The lowest BCUT2D eigenvalue weighted by Crippen LogP contribution is -2.10. The van der Waals surface area contributed by atoms with Gasteiger partial charge in [0, 0.05) is 4.47 Å². The van der Waals surface area contributed by atoms with Crippen molar-refractivity contribution in [1.29, 1.82) is 5.41 Å². The summed E-state index contributed by atoms with van der Waals surface area (Å²) in [5.74, 6) is -0.540. The van der Waals surface area contributed by atoms with Crippen LogP contribution in [0.15, 0.2) is 82.9 Å². The molecule has 3 aromatic rings. The number of thiophene rings is 1. The normalized spacial score (nSPS) is 13.3. The molecule has 1 atom stereocenters. The third-order valence-corrected chi connectivity index (χ3v) is 11.4. The zero-order valence-electron chi connectivity index (χ0n) is 18.2. The van der Waals surface area contributed by atoms with Crippen molar-refractivity contribution in [3.05, 3.63) is 75.6 Å². The van der Waals surface area contributed by atoms with Crippen molar-refractivity contribution in [1.82, 2.24) is 0 Å². The van der Waals surface area contributed by atoms with Gasteiger partial charge in [-0.3, -0.25) is 5.41 Å². The molecule has 0 aliphatic carbocycles. The van der Waals surface area contributed by atoms with Crippen LogP contribution < -0.4 is 5.73 Å². The Balaban J connectivity index is 0.000000678. The molecule has 4 N–H and O–H groups in total. The molecule has 0 saturated heterocycles. The van der Waals surface area contributed by atoms with E-state index < -0.39 is 26.1 Å². The number of nitrogens with zero attached hydrogens (tertiary/aromatic N) is 1. The number of sulfonamides is 1. The highest BCUT2D eigenvalue weighted by Gasteiger charge is 2.29. The number of nitrogens with one attached hydrogen (secondary N) is 1. The Morgan fingerprint density at radius 1 is 1.17 bits per heavy atom. The molecule has 0 aliphatic heterocycles. The van der Waals surface area contributed by atoms with Crippen molar-refractivity contribution in [2.75, 3.05) is 6.26 Å². The second-order valence-electron chi connectivity index (χ2n) is 6.69. The molecule has 0 amide bonds. The van der Waals surface area contributed by atoms with E-state index in [9.17, 15) is 25.8 Å². The third kappa shape index (κ3) is 8.57. The van der Waals surface area contributed by atoms with E-state index in [1.54, 1.807) is 60.9 Å². The lowest BCUT2D eigenvalue weighted by atomic mass is 10.2. The van der Waals surface area contributed by atoms with Gasteiger partial charge in [-0.1, -0.05) is 52.3 Å². The number of nitrogen functional groups attached to an aromatic ring is 1. The van der Waals surface area contributed by atoms with Gasteiger partial charge >= 0.3 is 6.36 Å². The lowest BCUT2D eigenvalue weighted by Gasteiger charge is -2.12. The molecule has 1 heterocycles. The van der Waals surface area contributed by atoms with E-state index in [2.05, 4.69) is 19.7 Å². The maximum Gasteiger partial charge on any atom is 0.549 e. The maximum atomic E-state index is 14.3. The van der Waals surface area contributed by atoms with Crippen LogP contribution >= 0.6 is 39.0 Å². The molecule has 0 radical (unpaired) electrons. The van der Waals surface area contributed by atoms with Crippen LogP contribution in [0, 0.1) is 5.41 Å². The fourth-order valence-electron chi connectivity index (χ4n) is 2.65. The molecule has 0 bridgehead atoms. The van der Waals surface area contributed by atoms with Crippen LogP contribution in [0.3, 0.4) is 0 Å². The molecule has 3 rings (SSSR count). The Kier molecular flexibility index (Phi) is 10.5. The summed E-state index contributed by atoms with van der Waals surface area (Å²) in [7, 11) is -7.65. The summed E-state index contributed by atoms with van der Waals surface area (Å²) in [5.41, 5.74) is 6.17. The summed E-state index contributed by atoms with van der Waals surface area (Å²) < 4.78 is 76.3. The number of alkyl halides is 3. The zero-order valence-corrected chi connectivity index (χ0v) is 23.1. The van der Waals surface area contributed by atoms with Gasteiger partial charge in [0.05, 0.1) is 24.6 Å². The fraction of sp³-hybridized carbons (Fsp3) is 0.150. The van der Waals surface area contributed by atoms with Crippen LogP contribution in [0.25, 0.3) is 0 Å². The first-order chi connectivity index (χ1) is 16.7. The van der Waals surface area contributed by atoms with Gasteiger partial charge in [0.1, 0.15) is 15.6 Å². The first kappa shape index (κ1) is 30.3. The van der Waals surface area contributed by atoms with Crippen molar-refractivity contribution in [3.63, 3.8) is 0 Å². The largest absolute Gasteiger partial charge is 0.549 e. The van der Waals surface area contributed by atoms with Crippen molar-refractivity contribution in [2.24, 2.45) is 9.50 Å². The molecule has 36 heavy (non-hydrogen) atoms. The number of hydrogen-bond donors (Lipinski definition) is 3. The standard InChI is InChI=1S/C19H18BrN3O3S4.CHF3O2/c1-27-19-17(11-16(28-19)18(21)22)30(26,15-9-5-8-14(20)10-15)23-29(24,25)12-13-6-3-2-4-7-13;2-1(3,4)6-5/h2-11H,12H2,1H3,(H3,21,22);5H. The van der Waals surface area contributed by atoms with E-state index in [1.807, 2.05) is 4.89 Å². The number of nitrogens with two attached hydrogens (primary N) is 1. The van der Waals surface area contributed by atoms with Gasteiger partial charge in [-0.05, 0) is 36.1 Å². The number of thioether (sulfide) groups is 1. The highest BCUT2D eigenvalue weighted by Crippen LogP contribution is 2.39. The summed E-state index contributed by atoms with van der Waals surface area (Å²) in [5, 5.41) is 14.5. The summed E-state index contributed by atoms with van der Waals surface area (Å²) in [6.45, 7) is 0. The molecule has 0 spiro atoms. The molecule has 2 aromatic carbocycles. The fourth-order valence-corrected chi connectivity index (χ4v) is 9.91. The molecule has 8 nitrogen and oxygen atoms in total. The van der Waals surface area contributed by atoms with Crippen LogP contribution in [0.2, 0.25) is 0 Å². The summed E-state index contributed by atoms with van der Waals surface area (Å²) >= 11 is 5.85. The number of benzene rings is 2. The monoisotopic (exact) mass is 645 g/mol. The topological polar surface area (TPSA) is 143 Å². The van der Waals surface area contributed by atoms with E-state index in [-0.39, 0.29) is 21.4 Å². The Morgan fingerprint density at radius 2 is 1.78 bits per heavy atom.